The van der Waals surface area contributed by atoms with E-state index in [1.54, 1.807) is 12.1 Å². The molecule has 1 N–H and O–H groups in total. The van der Waals surface area contributed by atoms with Crippen molar-refractivity contribution >= 4 is 32.5 Å². The molecule has 31 heavy (non-hydrogen) atoms. The first-order valence-corrected chi connectivity index (χ1v) is 11.3. The van der Waals surface area contributed by atoms with Gasteiger partial charge < -0.3 is 5.32 Å². The maximum atomic E-state index is 13.0. The van der Waals surface area contributed by atoms with Crippen molar-refractivity contribution in [3.8, 4) is 5.69 Å². The van der Waals surface area contributed by atoms with Crippen molar-refractivity contribution in [2.24, 2.45) is 0 Å². The number of para-hydroxylation sites is 1. The van der Waals surface area contributed by atoms with Crippen LogP contribution < -0.4 is 5.32 Å². The summed E-state index contributed by atoms with van der Waals surface area (Å²) in [4.78, 5) is 16.9. The number of anilines is 1. The summed E-state index contributed by atoms with van der Waals surface area (Å²) in [6.45, 7) is 1.91. The lowest BCUT2D eigenvalue weighted by molar-refractivity contribution is -0.115. The van der Waals surface area contributed by atoms with Crippen LogP contribution in [0.1, 0.15) is 12.2 Å². The van der Waals surface area contributed by atoms with Crippen molar-refractivity contribution in [2.45, 2.75) is 18.2 Å². The normalized spacial score (nSPS) is 11.5. The largest absolute Gasteiger partial charge is 0.326 e. The number of carbonyl (C=O) groups excluding carboxylic acids is 1. The summed E-state index contributed by atoms with van der Waals surface area (Å²) >= 11 is 0. The number of halogens is 1. The van der Waals surface area contributed by atoms with Crippen LogP contribution in [0.2, 0.25) is 0 Å². The molecule has 6 nitrogen and oxygen atoms in total. The van der Waals surface area contributed by atoms with Crippen molar-refractivity contribution in [3.05, 3.63) is 84.4 Å². The molecule has 158 valence electrons. The van der Waals surface area contributed by atoms with Crippen LogP contribution in [0.5, 0.6) is 0 Å². The Kier molecular flexibility index (Phi) is 5.56. The zero-order valence-corrected chi connectivity index (χ0v) is 17.6. The number of imidazole rings is 1. The fourth-order valence-corrected chi connectivity index (χ4v) is 4.63. The van der Waals surface area contributed by atoms with Crippen molar-refractivity contribution in [3.63, 3.8) is 0 Å². The second-order valence-electron chi connectivity index (χ2n) is 7.10. The van der Waals surface area contributed by atoms with Crippen LogP contribution in [0.4, 0.5) is 10.1 Å². The predicted octanol–water partition coefficient (Wildman–Crippen LogP) is 4.28. The molecule has 0 aliphatic heterocycles. The molecule has 0 aliphatic carbocycles. The number of nitrogens with one attached hydrogen (secondary N) is 1. The number of nitrogens with zero attached hydrogens (tertiary/aromatic N) is 2. The van der Waals surface area contributed by atoms with Gasteiger partial charge in [0.1, 0.15) is 11.6 Å². The van der Waals surface area contributed by atoms with Crippen molar-refractivity contribution < 1.29 is 17.6 Å². The average molecular weight is 437 g/mol. The molecule has 0 aliphatic rings. The molecule has 0 saturated heterocycles. The first-order chi connectivity index (χ1) is 14.8. The third-order valence-electron chi connectivity index (χ3n) is 4.89. The molecule has 0 unspecified atom stereocenters. The van der Waals surface area contributed by atoms with Crippen LogP contribution in [0, 0.1) is 12.7 Å². The molecule has 1 amide bonds. The van der Waals surface area contributed by atoms with E-state index in [4.69, 9.17) is 0 Å². The Hall–Kier alpha value is -3.52. The Morgan fingerprint density at radius 1 is 1.03 bits per heavy atom. The van der Waals surface area contributed by atoms with E-state index in [0.29, 0.717) is 5.69 Å². The fraction of sp³-hybridized carbons (Fsp3) is 0.130. The van der Waals surface area contributed by atoms with Gasteiger partial charge in [0.15, 0.2) is 9.84 Å². The molecule has 0 fully saturated rings. The molecule has 4 aromatic rings. The zero-order chi connectivity index (χ0) is 22.0. The molecule has 3 aromatic carbocycles. The Morgan fingerprint density at radius 3 is 2.45 bits per heavy atom. The minimum Gasteiger partial charge on any atom is -0.326 e. The SMILES string of the molecule is Cc1nc2cc(NC(=O)CCS(=O)(=O)c3ccc(F)cc3)ccc2n1-c1ccccc1. The zero-order valence-electron chi connectivity index (χ0n) is 16.7. The summed E-state index contributed by atoms with van der Waals surface area (Å²) in [5.41, 5.74) is 3.15. The lowest BCUT2D eigenvalue weighted by atomic mass is 10.2. The molecule has 8 heteroatoms. The van der Waals surface area contributed by atoms with Gasteiger partial charge in [0.25, 0.3) is 0 Å². The highest BCUT2D eigenvalue weighted by molar-refractivity contribution is 7.91. The summed E-state index contributed by atoms with van der Waals surface area (Å²) in [5.74, 6) is -0.495. The number of aryl methyl sites for hydroxylation is 1. The van der Waals surface area contributed by atoms with Gasteiger partial charge in [-0.25, -0.2) is 17.8 Å². The molecule has 0 saturated carbocycles. The van der Waals surface area contributed by atoms with Gasteiger partial charge in [-0.05, 0) is 61.5 Å². The number of hydrogen-bond acceptors (Lipinski definition) is 4. The molecular formula is C23H20FN3O3S. The minimum atomic E-state index is -3.68. The Morgan fingerprint density at radius 2 is 1.74 bits per heavy atom. The van der Waals surface area contributed by atoms with Gasteiger partial charge in [-0.1, -0.05) is 18.2 Å². The quantitative estimate of drug-likeness (QED) is 0.457. The Bertz CT molecular complexity index is 1350. The summed E-state index contributed by atoms with van der Waals surface area (Å²) in [5, 5.41) is 2.72. The van der Waals surface area contributed by atoms with E-state index in [1.165, 1.54) is 12.1 Å². The maximum absolute atomic E-state index is 13.0. The predicted molar refractivity (Wildman–Crippen MR) is 118 cm³/mol. The van der Waals surface area contributed by atoms with E-state index in [-0.39, 0.29) is 17.1 Å². The van der Waals surface area contributed by atoms with Gasteiger partial charge >= 0.3 is 0 Å². The molecule has 1 heterocycles. The maximum Gasteiger partial charge on any atom is 0.225 e. The van der Waals surface area contributed by atoms with Crippen LogP contribution in [-0.4, -0.2) is 29.6 Å². The van der Waals surface area contributed by atoms with Crippen LogP contribution in [-0.2, 0) is 14.6 Å². The highest BCUT2D eigenvalue weighted by Crippen LogP contribution is 2.24. The number of benzene rings is 3. The summed E-state index contributed by atoms with van der Waals surface area (Å²) < 4.78 is 39.7. The first-order valence-electron chi connectivity index (χ1n) is 9.66. The number of aromatic nitrogens is 2. The summed E-state index contributed by atoms with van der Waals surface area (Å²) in [7, 11) is -3.68. The number of fused-ring (bicyclic) bond motifs is 1. The van der Waals surface area contributed by atoms with E-state index in [2.05, 4.69) is 10.3 Å². The van der Waals surface area contributed by atoms with Crippen LogP contribution in [0.15, 0.2) is 77.7 Å². The average Bonchev–Trinajstić information content (AvgIpc) is 3.08. The molecule has 4 rings (SSSR count). The van der Waals surface area contributed by atoms with Crippen molar-refractivity contribution in [1.82, 2.24) is 9.55 Å². The smallest absolute Gasteiger partial charge is 0.225 e. The second-order valence-corrected chi connectivity index (χ2v) is 9.21. The van der Waals surface area contributed by atoms with Crippen LogP contribution in [0.25, 0.3) is 16.7 Å². The van der Waals surface area contributed by atoms with Gasteiger partial charge in [-0.15, -0.1) is 0 Å². The van der Waals surface area contributed by atoms with Gasteiger partial charge in [-0.2, -0.15) is 0 Å². The van der Waals surface area contributed by atoms with Gasteiger partial charge in [0.05, 0.1) is 21.7 Å². The van der Waals surface area contributed by atoms with Crippen molar-refractivity contribution in [1.29, 1.82) is 0 Å². The number of hydrogen-bond donors (Lipinski definition) is 1. The highest BCUT2D eigenvalue weighted by atomic mass is 32.2. The van der Waals surface area contributed by atoms with E-state index >= 15 is 0 Å². The molecule has 0 radical (unpaired) electrons. The lowest BCUT2D eigenvalue weighted by Gasteiger charge is -2.08. The molecule has 0 spiro atoms. The Balaban J connectivity index is 1.47. The van der Waals surface area contributed by atoms with E-state index < -0.39 is 21.6 Å². The monoisotopic (exact) mass is 437 g/mol. The molecule has 0 bridgehead atoms. The number of amides is 1. The van der Waals surface area contributed by atoms with Gasteiger partial charge in [0, 0.05) is 17.8 Å². The minimum absolute atomic E-state index is 0.00922. The standard InChI is InChI=1S/C23H20FN3O3S/c1-16-25-21-15-18(9-12-22(21)27(16)19-5-3-2-4-6-19)26-23(28)13-14-31(29,30)20-10-7-17(24)8-11-20/h2-12,15H,13-14H2,1H3,(H,26,28). The Labute approximate surface area is 179 Å². The topological polar surface area (TPSA) is 81.1 Å². The molecule has 1 aromatic heterocycles. The van der Waals surface area contributed by atoms with E-state index in [0.717, 1.165) is 34.7 Å². The van der Waals surface area contributed by atoms with Crippen LogP contribution in [0.3, 0.4) is 0 Å². The highest BCUT2D eigenvalue weighted by Gasteiger charge is 2.17. The fourth-order valence-electron chi connectivity index (χ4n) is 3.39. The summed E-state index contributed by atoms with van der Waals surface area (Å²) in [6, 6.07) is 19.8. The van der Waals surface area contributed by atoms with E-state index in [9.17, 15) is 17.6 Å². The second kappa shape index (κ2) is 8.31. The van der Waals surface area contributed by atoms with E-state index in [1.807, 2.05) is 47.9 Å². The van der Waals surface area contributed by atoms with Crippen LogP contribution >= 0.6 is 0 Å². The number of rotatable bonds is 6. The first kappa shape index (κ1) is 20.7. The molecule has 0 atom stereocenters. The van der Waals surface area contributed by atoms with Gasteiger partial charge in [-0.3, -0.25) is 9.36 Å². The number of sulfone groups is 1. The number of carbonyl (C=O) groups is 1. The van der Waals surface area contributed by atoms with Gasteiger partial charge in [0.2, 0.25) is 5.91 Å². The van der Waals surface area contributed by atoms with Crippen molar-refractivity contribution in [2.75, 3.05) is 11.1 Å². The lowest BCUT2D eigenvalue weighted by Crippen LogP contribution is -2.17. The molecular weight excluding hydrogens is 417 g/mol. The third kappa shape index (κ3) is 4.49. The third-order valence-corrected chi connectivity index (χ3v) is 6.62. The summed E-state index contributed by atoms with van der Waals surface area (Å²) in [6.07, 6.45) is -0.213.